The third-order valence-electron chi connectivity index (χ3n) is 3.17. The Balaban J connectivity index is 2.08. The molecule has 0 aliphatic heterocycles. The summed E-state index contributed by atoms with van der Waals surface area (Å²) in [5.74, 6) is 0.0510. The predicted octanol–water partition coefficient (Wildman–Crippen LogP) is 3.74. The third-order valence-corrected chi connectivity index (χ3v) is 3.17. The second-order valence-corrected chi connectivity index (χ2v) is 4.77. The molecule has 1 aliphatic rings. The molecule has 17 heavy (non-hydrogen) atoms. The number of carbonyl (C=O) groups excluding carboxylic acids is 1. The molecule has 1 saturated carbocycles. The molecule has 0 bridgehead atoms. The fraction of sp³-hybridized carbons (Fsp3) is 0.667. The number of hydrogen-bond donors (Lipinski definition) is 1. The van der Waals surface area contributed by atoms with Gasteiger partial charge in [-0.1, -0.05) is 50.8 Å². The van der Waals surface area contributed by atoms with E-state index in [0.717, 1.165) is 19.3 Å². The summed E-state index contributed by atoms with van der Waals surface area (Å²) in [6.07, 6.45) is 17.3. The van der Waals surface area contributed by atoms with E-state index in [0.29, 0.717) is 6.04 Å². The van der Waals surface area contributed by atoms with Crippen molar-refractivity contribution >= 4 is 5.91 Å². The first-order valence-corrected chi connectivity index (χ1v) is 6.96. The highest BCUT2D eigenvalue weighted by Gasteiger charge is 2.15. The van der Waals surface area contributed by atoms with Crippen molar-refractivity contribution in [3.63, 3.8) is 0 Å². The van der Waals surface area contributed by atoms with Crippen molar-refractivity contribution in [1.82, 2.24) is 5.32 Å². The molecular formula is C15H25NO. The molecule has 0 aromatic heterocycles. The summed E-state index contributed by atoms with van der Waals surface area (Å²) >= 11 is 0. The van der Waals surface area contributed by atoms with E-state index in [-0.39, 0.29) is 5.91 Å². The van der Waals surface area contributed by atoms with Crippen LogP contribution in [0.15, 0.2) is 24.3 Å². The molecule has 0 saturated heterocycles. The van der Waals surface area contributed by atoms with E-state index in [1.807, 2.05) is 12.2 Å². The highest BCUT2D eigenvalue weighted by Crippen LogP contribution is 2.17. The van der Waals surface area contributed by atoms with Gasteiger partial charge in [-0.3, -0.25) is 4.79 Å². The van der Waals surface area contributed by atoms with Crippen LogP contribution in [0.5, 0.6) is 0 Å². The summed E-state index contributed by atoms with van der Waals surface area (Å²) < 4.78 is 0. The Morgan fingerprint density at radius 3 is 2.71 bits per heavy atom. The van der Waals surface area contributed by atoms with Gasteiger partial charge in [-0.25, -0.2) is 0 Å². The zero-order chi connectivity index (χ0) is 12.3. The van der Waals surface area contributed by atoms with Gasteiger partial charge in [0.2, 0.25) is 5.91 Å². The fourth-order valence-corrected chi connectivity index (χ4v) is 2.15. The highest BCUT2D eigenvalue weighted by molar-refractivity contribution is 5.87. The van der Waals surface area contributed by atoms with Crippen LogP contribution in [0.4, 0.5) is 0 Å². The van der Waals surface area contributed by atoms with E-state index in [1.165, 1.54) is 32.1 Å². The minimum Gasteiger partial charge on any atom is -0.350 e. The number of hydrogen-bond acceptors (Lipinski definition) is 1. The standard InChI is InChI=1S/C15H25NO/c1-2-3-4-5-6-7-8-13-15(17)16-14-11-9-10-12-14/h6-8,13-14H,2-5,9-12H2,1H3,(H,16,17). The summed E-state index contributed by atoms with van der Waals surface area (Å²) in [6.45, 7) is 2.21. The Labute approximate surface area is 105 Å². The molecule has 2 nitrogen and oxygen atoms in total. The van der Waals surface area contributed by atoms with E-state index in [4.69, 9.17) is 0 Å². The van der Waals surface area contributed by atoms with Gasteiger partial charge >= 0.3 is 0 Å². The number of nitrogens with one attached hydrogen (secondary N) is 1. The predicted molar refractivity (Wildman–Crippen MR) is 72.8 cm³/mol. The van der Waals surface area contributed by atoms with Gasteiger partial charge in [0.1, 0.15) is 0 Å². The summed E-state index contributed by atoms with van der Waals surface area (Å²) in [4.78, 5) is 11.5. The highest BCUT2D eigenvalue weighted by atomic mass is 16.1. The number of carbonyl (C=O) groups is 1. The lowest BCUT2D eigenvalue weighted by atomic mass is 10.2. The molecule has 2 heteroatoms. The Morgan fingerprint density at radius 1 is 1.24 bits per heavy atom. The lowest BCUT2D eigenvalue weighted by Crippen LogP contribution is -2.30. The van der Waals surface area contributed by atoms with Crippen LogP contribution >= 0.6 is 0 Å². The largest absolute Gasteiger partial charge is 0.350 e. The molecule has 0 spiro atoms. The SMILES string of the molecule is CCCCCC=CC=CC(=O)NC1CCCC1. The maximum Gasteiger partial charge on any atom is 0.244 e. The molecule has 1 rings (SSSR count). The molecule has 0 aromatic carbocycles. The summed E-state index contributed by atoms with van der Waals surface area (Å²) in [6, 6.07) is 0.417. The fourth-order valence-electron chi connectivity index (χ4n) is 2.15. The maximum atomic E-state index is 11.5. The molecule has 0 unspecified atom stereocenters. The lowest BCUT2D eigenvalue weighted by molar-refractivity contribution is -0.117. The van der Waals surface area contributed by atoms with Gasteiger partial charge in [-0.05, 0) is 25.7 Å². The maximum absolute atomic E-state index is 11.5. The summed E-state index contributed by atoms with van der Waals surface area (Å²) in [5, 5.41) is 3.03. The van der Waals surface area contributed by atoms with Crippen LogP contribution in [-0.4, -0.2) is 11.9 Å². The number of unbranched alkanes of at least 4 members (excludes halogenated alkanes) is 3. The second kappa shape index (κ2) is 9.03. The second-order valence-electron chi connectivity index (χ2n) is 4.77. The van der Waals surface area contributed by atoms with E-state index in [2.05, 4.69) is 18.3 Å². The van der Waals surface area contributed by atoms with Gasteiger partial charge < -0.3 is 5.32 Å². The van der Waals surface area contributed by atoms with Gasteiger partial charge in [0.25, 0.3) is 0 Å². The Hall–Kier alpha value is -1.05. The Bertz CT molecular complexity index is 262. The number of rotatable bonds is 7. The molecule has 0 heterocycles. The lowest BCUT2D eigenvalue weighted by Gasteiger charge is -2.08. The third kappa shape index (κ3) is 6.98. The van der Waals surface area contributed by atoms with Gasteiger partial charge in [-0.15, -0.1) is 0 Å². The van der Waals surface area contributed by atoms with Gasteiger partial charge in [0.05, 0.1) is 0 Å². The molecule has 1 amide bonds. The number of allylic oxidation sites excluding steroid dienone is 3. The van der Waals surface area contributed by atoms with E-state index in [1.54, 1.807) is 6.08 Å². The minimum atomic E-state index is 0.0510. The van der Waals surface area contributed by atoms with Crippen molar-refractivity contribution in [3.05, 3.63) is 24.3 Å². The smallest absolute Gasteiger partial charge is 0.244 e. The summed E-state index contributed by atoms with van der Waals surface area (Å²) in [7, 11) is 0. The van der Waals surface area contributed by atoms with Crippen LogP contribution in [-0.2, 0) is 4.79 Å². The average Bonchev–Trinajstić information content (AvgIpc) is 2.80. The zero-order valence-electron chi connectivity index (χ0n) is 11.0. The number of amides is 1. The summed E-state index contributed by atoms with van der Waals surface area (Å²) in [5.41, 5.74) is 0. The monoisotopic (exact) mass is 235 g/mol. The van der Waals surface area contributed by atoms with Crippen molar-refractivity contribution in [3.8, 4) is 0 Å². The molecule has 1 aliphatic carbocycles. The van der Waals surface area contributed by atoms with Crippen LogP contribution in [0.25, 0.3) is 0 Å². The van der Waals surface area contributed by atoms with Crippen molar-refractivity contribution in [1.29, 1.82) is 0 Å². The Morgan fingerprint density at radius 2 is 2.00 bits per heavy atom. The van der Waals surface area contributed by atoms with Crippen LogP contribution in [0, 0.1) is 0 Å². The molecule has 1 N–H and O–H groups in total. The van der Waals surface area contributed by atoms with Crippen LogP contribution < -0.4 is 5.32 Å². The molecule has 1 fully saturated rings. The average molecular weight is 235 g/mol. The van der Waals surface area contributed by atoms with Gasteiger partial charge in [0.15, 0.2) is 0 Å². The van der Waals surface area contributed by atoms with Gasteiger partial charge in [0, 0.05) is 12.1 Å². The van der Waals surface area contributed by atoms with E-state index in [9.17, 15) is 4.79 Å². The van der Waals surface area contributed by atoms with Crippen LogP contribution in [0.3, 0.4) is 0 Å². The first-order valence-electron chi connectivity index (χ1n) is 6.96. The van der Waals surface area contributed by atoms with Crippen LogP contribution in [0.1, 0.15) is 58.3 Å². The Kier molecular flexibility index (Phi) is 7.44. The van der Waals surface area contributed by atoms with E-state index < -0.39 is 0 Å². The van der Waals surface area contributed by atoms with Gasteiger partial charge in [-0.2, -0.15) is 0 Å². The van der Waals surface area contributed by atoms with Crippen molar-refractivity contribution in [2.24, 2.45) is 0 Å². The minimum absolute atomic E-state index is 0.0510. The molecule has 96 valence electrons. The molecular weight excluding hydrogens is 210 g/mol. The van der Waals surface area contributed by atoms with Crippen molar-refractivity contribution < 1.29 is 4.79 Å². The normalized spacial score (nSPS) is 17.2. The topological polar surface area (TPSA) is 29.1 Å². The molecule has 0 radical (unpaired) electrons. The van der Waals surface area contributed by atoms with E-state index >= 15 is 0 Å². The first kappa shape index (κ1) is 14.0. The molecule has 0 aromatic rings. The first-order chi connectivity index (χ1) is 8.33. The van der Waals surface area contributed by atoms with Crippen molar-refractivity contribution in [2.75, 3.05) is 0 Å². The quantitative estimate of drug-likeness (QED) is 0.406. The zero-order valence-corrected chi connectivity index (χ0v) is 11.0. The van der Waals surface area contributed by atoms with Crippen molar-refractivity contribution in [2.45, 2.75) is 64.3 Å². The van der Waals surface area contributed by atoms with Crippen LogP contribution in [0.2, 0.25) is 0 Å². The molecule has 0 atom stereocenters.